The number of nitrogens with zero attached hydrogens (tertiary/aromatic N) is 5. The third kappa shape index (κ3) is 7.63. The van der Waals surface area contributed by atoms with Crippen LogP contribution in [0.3, 0.4) is 0 Å². The molecular formula is C47H51N5OPd. The first-order valence-corrected chi connectivity index (χ1v) is 19.4. The van der Waals surface area contributed by atoms with E-state index in [1.54, 1.807) is 0 Å². The number of anilines is 1. The number of fused-ring (bicyclic) bond motifs is 3. The molecule has 6 nitrogen and oxygen atoms in total. The minimum atomic E-state index is 0. The molecule has 7 heteroatoms. The van der Waals surface area contributed by atoms with Gasteiger partial charge in [-0.3, -0.25) is 4.68 Å². The van der Waals surface area contributed by atoms with Crippen molar-refractivity contribution in [3.63, 3.8) is 0 Å². The van der Waals surface area contributed by atoms with Gasteiger partial charge in [0, 0.05) is 54.3 Å². The first-order valence-electron chi connectivity index (χ1n) is 19.4. The predicted molar refractivity (Wildman–Crippen MR) is 220 cm³/mol. The van der Waals surface area contributed by atoms with Crippen molar-refractivity contribution in [1.29, 1.82) is 0 Å². The molecule has 0 radical (unpaired) electrons. The van der Waals surface area contributed by atoms with E-state index in [0.29, 0.717) is 11.5 Å². The first-order chi connectivity index (χ1) is 25.8. The van der Waals surface area contributed by atoms with Gasteiger partial charge in [-0.15, -0.1) is 35.7 Å². The molecular weight excluding hydrogens is 757 g/mol. The van der Waals surface area contributed by atoms with Crippen molar-refractivity contribution in [2.24, 2.45) is 0 Å². The number of aromatic nitrogens is 4. The fourth-order valence-electron chi connectivity index (χ4n) is 7.68. The SMILES string of the molecule is CCCc1cc(N(C)C)cc(CCC)c1-c1c(CCC)nn(-c2[c-]c(Oc3[c-]c4c(cc3)c3ccccc3n4-c3cc(C)ccn3)ccc2)c1CCC.[Pd+2]. The maximum Gasteiger partial charge on any atom is 2.00 e. The second kappa shape index (κ2) is 17.2. The topological polar surface area (TPSA) is 48.1 Å². The van der Waals surface area contributed by atoms with Crippen molar-refractivity contribution in [2.75, 3.05) is 19.0 Å². The average Bonchev–Trinajstić information content (AvgIpc) is 3.67. The fourth-order valence-corrected chi connectivity index (χ4v) is 7.68. The quantitative estimate of drug-likeness (QED) is 0.0811. The Bertz CT molecular complexity index is 2360. The normalized spacial score (nSPS) is 11.3. The largest absolute Gasteiger partial charge is 2.00 e. The fraction of sp³-hybridized carbons (Fsp3) is 0.319. The molecule has 7 aromatic rings. The molecule has 0 saturated carbocycles. The van der Waals surface area contributed by atoms with E-state index in [1.807, 2.05) is 30.5 Å². The van der Waals surface area contributed by atoms with Crippen LogP contribution in [0, 0.1) is 19.1 Å². The minimum absolute atomic E-state index is 0. The molecule has 0 unspecified atom stereocenters. The maximum absolute atomic E-state index is 6.58. The third-order valence-electron chi connectivity index (χ3n) is 10.0. The molecule has 7 rings (SSSR count). The van der Waals surface area contributed by atoms with Crippen LogP contribution in [0.1, 0.15) is 81.5 Å². The monoisotopic (exact) mass is 807 g/mol. The molecule has 0 N–H and O–H groups in total. The summed E-state index contributed by atoms with van der Waals surface area (Å²) in [5, 5.41) is 7.65. The molecule has 280 valence electrons. The molecule has 0 atom stereocenters. The summed E-state index contributed by atoms with van der Waals surface area (Å²) in [7, 11) is 4.29. The van der Waals surface area contributed by atoms with Crippen LogP contribution in [-0.4, -0.2) is 33.4 Å². The van der Waals surface area contributed by atoms with Gasteiger partial charge in [-0.1, -0.05) is 77.1 Å². The number of rotatable bonds is 14. The zero-order chi connectivity index (χ0) is 37.1. The molecule has 3 heterocycles. The van der Waals surface area contributed by atoms with E-state index in [1.165, 1.54) is 39.3 Å². The van der Waals surface area contributed by atoms with E-state index >= 15 is 0 Å². The molecule has 0 spiro atoms. The number of ether oxygens (including phenoxy) is 1. The molecule has 0 fully saturated rings. The molecule has 0 bridgehead atoms. The summed E-state index contributed by atoms with van der Waals surface area (Å²) in [6.07, 6.45) is 9.98. The van der Waals surface area contributed by atoms with Gasteiger partial charge in [0.05, 0.1) is 5.69 Å². The van der Waals surface area contributed by atoms with Crippen molar-refractivity contribution in [3.8, 4) is 34.1 Å². The maximum atomic E-state index is 6.58. The molecule has 0 aliphatic carbocycles. The minimum Gasteiger partial charge on any atom is -0.509 e. The number of benzene rings is 4. The second-order valence-corrected chi connectivity index (χ2v) is 14.3. The van der Waals surface area contributed by atoms with Crippen LogP contribution in [0.2, 0.25) is 0 Å². The first kappa shape index (κ1) is 39.0. The van der Waals surface area contributed by atoms with Crippen molar-refractivity contribution < 1.29 is 25.2 Å². The Morgan fingerprint density at radius 2 is 1.41 bits per heavy atom. The van der Waals surface area contributed by atoms with E-state index < -0.39 is 0 Å². The molecule has 0 saturated heterocycles. The molecule has 3 aromatic heterocycles. The van der Waals surface area contributed by atoms with Crippen molar-refractivity contribution in [1.82, 2.24) is 19.3 Å². The van der Waals surface area contributed by atoms with E-state index in [4.69, 9.17) is 14.8 Å². The van der Waals surface area contributed by atoms with Crippen LogP contribution in [0.4, 0.5) is 5.69 Å². The smallest absolute Gasteiger partial charge is 0.509 e. The molecule has 54 heavy (non-hydrogen) atoms. The number of para-hydroxylation sites is 1. The number of hydrogen-bond acceptors (Lipinski definition) is 4. The Morgan fingerprint density at radius 1 is 0.704 bits per heavy atom. The van der Waals surface area contributed by atoms with E-state index in [2.05, 4.69) is 130 Å². The summed E-state index contributed by atoms with van der Waals surface area (Å²) in [6.45, 7) is 11.2. The van der Waals surface area contributed by atoms with E-state index in [0.717, 1.165) is 90.2 Å². The second-order valence-electron chi connectivity index (χ2n) is 14.3. The molecule has 0 aliphatic heterocycles. The summed E-state index contributed by atoms with van der Waals surface area (Å²) in [4.78, 5) is 6.97. The van der Waals surface area contributed by atoms with E-state index in [-0.39, 0.29) is 20.4 Å². The Balaban J connectivity index is 0.00000497. The Morgan fingerprint density at radius 3 is 2.09 bits per heavy atom. The van der Waals surface area contributed by atoms with Gasteiger partial charge in [0.15, 0.2) is 0 Å². The van der Waals surface area contributed by atoms with Crippen molar-refractivity contribution in [2.45, 2.75) is 86.0 Å². The molecule has 0 aliphatic rings. The zero-order valence-corrected chi connectivity index (χ0v) is 34.3. The molecule has 4 aromatic carbocycles. The van der Waals surface area contributed by atoms with Gasteiger partial charge in [-0.25, -0.2) is 4.98 Å². The van der Waals surface area contributed by atoms with Crippen LogP contribution in [0.25, 0.3) is 44.4 Å². The third-order valence-corrected chi connectivity index (χ3v) is 10.0. The zero-order valence-electron chi connectivity index (χ0n) is 32.7. The van der Waals surface area contributed by atoms with Gasteiger partial charge in [-0.05, 0) is 96.3 Å². The summed E-state index contributed by atoms with van der Waals surface area (Å²) in [5.41, 5.74) is 13.3. The van der Waals surface area contributed by atoms with Crippen LogP contribution in [0.5, 0.6) is 11.5 Å². The Labute approximate surface area is 334 Å². The average molecular weight is 808 g/mol. The Kier molecular flexibility index (Phi) is 12.4. The van der Waals surface area contributed by atoms with Crippen LogP contribution in [0.15, 0.2) is 85.1 Å². The summed E-state index contributed by atoms with van der Waals surface area (Å²) in [5.74, 6) is 2.11. The number of hydrogen-bond donors (Lipinski definition) is 0. The van der Waals surface area contributed by atoms with E-state index in [9.17, 15) is 0 Å². The number of aryl methyl sites for hydroxylation is 4. The summed E-state index contributed by atoms with van der Waals surface area (Å²) < 4.78 is 10.9. The van der Waals surface area contributed by atoms with Gasteiger partial charge >= 0.3 is 20.4 Å². The van der Waals surface area contributed by atoms with Gasteiger partial charge in [0.25, 0.3) is 0 Å². The van der Waals surface area contributed by atoms with Gasteiger partial charge in [0.1, 0.15) is 5.82 Å². The number of pyridine rings is 1. The summed E-state index contributed by atoms with van der Waals surface area (Å²) in [6, 6.07) is 34.8. The van der Waals surface area contributed by atoms with Crippen molar-refractivity contribution >= 4 is 27.5 Å². The van der Waals surface area contributed by atoms with Gasteiger partial charge in [-0.2, -0.15) is 17.2 Å². The standard InChI is InChI=1S/C47H51N5O.Pd/c1-8-15-33-28-36(50(6)7)29-34(16-9-2)46(33)47-41(17-10-3)49-52(43(47)18-11-4)35-19-14-20-37(30-35)53-38-23-24-40-39-21-12-13-22-42(39)51(44(40)31-38)45-27-32(5)25-26-48-45;/h12-14,19-29H,8-11,15-18H2,1-7H3;/q-2;+2. The molecule has 0 amide bonds. The predicted octanol–water partition coefficient (Wildman–Crippen LogP) is 11.6. The van der Waals surface area contributed by atoms with Gasteiger partial charge < -0.3 is 14.2 Å². The Hall–Kier alpha value is -4.70. The summed E-state index contributed by atoms with van der Waals surface area (Å²) >= 11 is 0. The van der Waals surface area contributed by atoms with Crippen LogP contribution < -0.4 is 9.64 Å². The van der Waals surface area contributed by atoms with Gasteiger partial charge in [0.2, 0.25) is 0 Å². The van der Waals surface area contributed by atoms with Crippen LogP contribution in [-0.2, 0) is 46.1 Å². The van der Waals surface area contributed by atoms with Crippen molar-refractivity contribution in [3.05, 3.63) is 125 Å². The van der Waals surface area contributed by atoms with Crippen LogP contribution >= 0.6 is 0 Å².